The van der Waals surface area contributed by atoms with E-state index in [1.54, 1.807) is 26.0 Å². The van der Waals surface area contributed by atoms with E-state index in [0.717, 1.165) is 16.7 Å². The number of hydrogen-bond acceptors (Lipinski definition) is 7. The Bertz CT molecular complexity index is 879. The highest BCUT2D eigenvalue weighted by Gasteiger charge is 2.28. The molecule has 0 saturated heterocycles. The molecule has 3 amide bonds. The van der Waals surface area contributed by atoms with Crippen LogP contribution in [-0.2, 0) is 20.8 Å². The average Bonchev–Trinajstić information content (AvgIpc) is 2.76. The minimum absolute atomic E-state index is 0.0464. The van der Waals surface area contributed by atoms with Gasteiger partial charge < -0.3 is 44.4 Å². The molecule has 0 spiro atoms. The zero-order valence-electron chi connectivity index (χ0n) is 20.5. The van der Waals surface area contributed by atoms with Crippen molar-refractivity contribution in [2.75, 3.05) is 13.1 Å². The maximum Gasteiger partial charge on any atom is 0.243 e. The van der Waals surface area contributed by atoms with Gasteiger partial charge >= 0.3 is 0 Å². The van der Waals surface area contributed by atoms with Gasteiger partial charge in [-0.3, -0.25) is 19.4 Å². The number of carbonyl (C=O) groups excluding carboxylic acids is 3. The molecular weight excluding hydrogens is 452 g/mol. The van der Waals surface area contributed by atoms with E-state index in [-0.39, 0.29) is 18.1 Å². The summed E-state index contributed by atoms with van der Waals surface area (Å²) in [6.45, 7) is 4.38. The molecule has 0 aromatic heterocycles. The number of guanidine groups is 1. The molecule has 0 fully saturated rings. The number of hydrogen-bond donors (Lipinski definition) is 8. The van der Waals surface area contributed by atoms with Crippen molar-refractivity contribution in [2.24, 2.45) is 33.7 Å². The van der Waals surface area contributed by atoms with E-state index < -0.39 is 35.8 Å². The summed E-state index contributed by atoms with van der Waals surface area (Å²) in [6.07, 6.45) is 2.53. The Kier molecular flexibility index (Phi) is 12.5. The highest BCUT2D eigenvalue weighted by atomic mass is 16.3. The number of unbranched alkanes of at least 4 members (excludes halogenated alkanes) is 1. The van der Waals surface area contributed by atoms with Crippen molar-refractivity contribution >= 4 is 23.7 Å². The number of benzene rings is 1. The fourth-order valence-electron chi connectivity index (χ4n) is 3.69. The minimum Gasteiger partial charge on any atom is -0.508 e. The molecule has 0 aliphatic carbocycles. The number of nitrogens with zero attached hydrogens (tertiary/aromatic N) is 1. The molecule has 1 rings (SSSR count). The van der Waals surface area contributed by atoms with Crippen molar-refractivity contribution in [1.82, 2.24) is 10.6 Å². The second kappa shape index (κ2) is 14.8. The van der Waals surface area contributed by atoms with Crippen molar-refractivity contribution < 1.29 is 19.5 Å². The lowest BCUT2D eigenvalue weighted by Gasteiger charge is -2.24. The molecule has 12 nitrogen and oxygen atoms in total. The Balaban J connectivity index is 3.04. The lowest BCUT2D eigenvalue weighted by Crippen LogP contribution is -2.56. The standard InChI is InChI=1S/C23H40N8O4/c1-13-10-15(32)11-14(2)16(13)12-19(22(35)30-18(20(26)33)7-3-4-8-24)31-21(34)17(25)6-5-9-29-23(27)28/h10-11,17-19,32H,3-9,12,24-25H2,1-2H3,(H2,26,33)(H,30,35)(H,31,34)(H4,27,28,29)/t17-,18+,19+/m1/s1. The van der Waals surface area contributed by atoms with Gasteiger partial charge in [0.15, 0.2) is 5.96 Å². The zero-order valence-corrected chi connectivity index (χ0v) is 20.5. The van der Waals surface area contributed by atoms with Gasteiger partial charge in [0.25, 0.3) is 0 Å². The second-order valence-corrected chi connectivity index (χ2v) is 8.63. The summed E-state index contributed by atoms with van der Waals surface area (Å²) in [4.78, 5) is 41.7. The Morgan fingerprint density at radius 2 is 1.54 bits per heavy atom. The summed E-state index contributed by atoms with van der Waals surface area (Å²) in [5.74, 6) is -1.70. The molecule has 0 unspecified atom stereocenters. The van der Waals surface area contributed by atoms with Crippen LogP contribution >= 0.6 is 0 Å². The summed E-state index contributed by atoms with van der Waals surface area (Å²) in [5.41, 5.74) is 29.9. The van der Waals surface area contributed by atoms with Gasteiger partial charge in [-0.05, 0) is 81.3 Å². The number of aliphatic imine (C=N–C) groups is 1. The van der Waals surface area contributed by atoms with Gasteiger partial charge in [0.1, 0.15) is 17.8 Å². The number of nitrogens with two attached hydrogens (primary N) is 5. The van der Waals surface area contributed by atoms with Crippen molar-refractivity contribution in [1.29, 1.82) is 0 Å². The molecular formula is C23H40N8O4. The lowest BCUT2D eigenvalue weighted by atomic mass is 9.95. The van der Waals surface area contributed by atoms with Crippen LogP contribution in [0.2, 0.25) is 0 Å². The fraction of sp³-hybridized carbons (Fsp3) is 0.565. The average molecular weight is 493 g/mol. The molecule has 35 heavy (non-hydrogen) atoms. The molecule has 3 atom stereocenters. The molecule has 12 heteroatoms. The first-order chi connectivity index (χ1) is 16.5. The van der Waals surface area contributed by atoms with E-state index in [4.69, 9.17) is 28.7 Å². The van der Waals surface area contributed by atoms with Gasteiger partial charge in [0.2, 0.25) is 17.7 Å². The number of phenolic OH excluding ortho intramolecular Hbond substituents is 1. The van der Waals surface area contributed by atoms with Crippen molar-refractivity contribution in [3.8, 4) is 5.75 Å². The number of carbonyl (C=O) groups is 3. The first kappa shape index (κ1) is 29.7. The molecule has 1 aromatic rings. The van der Waals surface area contributed by atoms with E-state index in [1.807, 2.05) is 0 Å². The third kappa shape index (κ3) is 10.6. The molecule has 0 aliphatic heterocycles. The minimum atomic E-state index is -1.02. The van der Waals surface area contributed by atoms with E-state index in [0.29, 0.717) is 45.2 Å². The monoisotopic (exact) mass is 492 g/mol. The molecule has 0 bridgehead atoms. The number of amides is 3. The van der Waals surface area contributed by atoms with Crippen LogP contribution in [-0.4, -0.2) is 60.0 Å². The van der Waals surface area contributed by atoms with E-state index in [9.17, 15) is 19.5 Å². The Hall–Kier alpha value is -3.38. The van der Waals surface area contributed by atoms with Gasteiger partial charge in [-0.2, -0.15) is 0 Å². The van der Waals surface area contributed by atoms with Crippen molar-refractivity contribution in [2.45, 2.75) is 70.5 Å². The Labute approximate surface area is 206 Å². The number of nitrogens with one attached hydrogen (secondary N) is 2. The number of phenols is 1. The highest BCUT2D eigenvalue weighted by molar-refractivity contribution is 5.92. The predicted octanol–water partition coefficient (Wildman–Crippen LogP) is -1.48. The third-order valence-corrected chi connectivity index (χ3v) is 5.63. The van der Waals surface area contributed by atoms with Crippen LogP contribution in [0, 0.1) is 13.8 Å². The molecule has 0 saturated carbocycles. The van der Waals surface area contributed by atoms with Crippen molar-refractivity contribution in [3.63, 3.8) is 0 Å². The van der Waals surface area contributed by atoms with Crippen LogP contribution in [0.3, 0.4) is 0 Å². The molecule has 0 aliphatic rings. The number of rotatable bonds is 15. The first-order valence-corrected chi connectivity index (χ1v) is 11.7. The quantitative estimate of drug-likeness (QED) is 0.0813. The van der Waals surface area contributed by atoms with Gasteiger partial charge in [0.05, 0.1) is 6.04 Å². The highest BCUT2D eigenvalue weighted by Crippen LogP contribution is 2.22. The molecule has 1 aromatic carbocycles. The maximum atomic E-state index is 13.2. The van der Waals surface area contributed by atoms with Crippen LogP contribution in [0.5, 0.6) is 5.75 Å². The third-order valence-electron chi connectivity index (χ3n) is 5.63. The van der Waals surface area contributed by atoms with E-state index in [2.05, 4.69) is 15.6 Å². The SMILES string of the molecule is Cc1cc(O)cc(C)c1C[C@H](NC(=O)[C@H](N)CCCN=C(N)N)C(=O)N[C@@H](CCCCN)C(N)=O. The van der Waals surface area contributed by atoms with Crippen LogP contribution in [0.1, 0.15) is 48.8 Å². The fourth-order valence-corrected chi connectivity index (χ4v) is 3.69. The normalized spacial score (nSPS) is 13.4. The number of primary amides is 1. The molecule has 0 heterocycles. The molecule has 196 valence electrons. The van der Waals surface area contributed by atoms with Crippen LogP contribution in [0.15, 0.2) is 17.1 Å². The smallest absolute Gasteiger partial charge is 0.243 e. The van der Waals surface area contributed by atoms with Gasteiger partial charge in [-0.1, -0.05) is 0 Å². The number of aryl methyl sites for hydroxylation is 2. The summed E-state index contributed by atoms with van der Waals surface area (Å²) in [5, 5.41) is 15.2. The van der Waals surface area contributed by atoms with Crippen LogP contribution in [0.4, 0.5) is 0 Å². The lowest BCUT2D eigenvalue weighted by molar-refractivity contribution is -0.131. The van der Waals surface area contributed by atoms with Gasteiger partial charge in [-0.25, -0.2) is 0 Å². The summed E-state index contributed by atoms with van der Waals surface area (Å²) < 4.78 is 0. The van der Waals surface area contributed by atoms with E-state index >= 15 is 0 Å². The maximum absolute atomic E-state index is 13.2. The predicted molar refractivity (Wildman–Crippen MR) is 135 cm³/mol. The van der Waals surface area contributed by atoms with Gasteiger partial charge in [-0.15, -0.1) is 0 Å². The zero-order chi connectivity index (χ0) is 26.5. The Morgan fingerprint density at radius 1 is 0.943 bits per heavy atom. The molecule has 0 radical (unpaired) electrons. The summed E-state index contributed by atoms with van der Waals surface area (Å²) in [6, 6.07) is 0.340. The Morgan fingerprint density at radius 3 is 2.09 bits per heavy atom. The second-order valence-electron chi connectivity index (χ2n) is 8.63. The summed E-state index contributed by atoms with van der Waals surface area (Å²) >= 11 is 0. The topological polar surface area (TPSA) is 238 Å². The van der Waals surface area contributed by atoms with Crippen molar-refractivity contribution in [3.05, 3.63) is 28.8 Å². The first-order valence-electron chi connectivity index (χ1n) is 11.7. The largest absolute Gasteiger partial charge is 0.508 e. The van der Waals surface area contributed by atoms with E-state index in [1.165, 1.54) is 0 Å². The molecule has 13 N–H and O–H groups in total. The van der Waals surface area contributed by atoms with Crippen LogP contribution in [0.25, 0.3) is 0 Å². The number of aromatic hydroxyl groups is 1. The van der Waals surface area contributed by atoms with Gasteiger partial charge in [0, 0.05) is 13.0 Å². The van der Waals surface area contributed by atoms with Crippen LogP contribution < -0.4 is 39.3 Å². The summed E-state index contributed by atoms with van der Waals surface area (Å²) in [7, 11) is 0.